The summed E-state index contributed by atoms with van der Waals surface area (Å²) in [6, 6.07) is 6.23. The molecule has 1 heterocycles. The molecule has 0 fully saturated rings. The Labute approximate surface area is 105 Å². The van der Waals surface area contributed by atoms with E-state index in [0.717, 1.165) is 10.9 Å². The van der Waals surface area contributed by atoms with E-state index in [4.69, 9.17) is 0 Å². The van der Waals surface area contributed by atoms with Gasteiger partial charge in [0.05, 0.1) is 6.54 Å². The maximum atomic E-state index is 12.7. The van der Waals surface area contributed by atoms with E-state index in [1.54, 1.807) is 23.6 Å². The number of hydrogen-bond donors (Lipinski definition) is 2. The van der Waals surface area contributed by atoms with E-state index in [-0.39, 0.29) is 5.56 Å². The topological polar surface area (TPSA) is 44.9 Å². The highest BCUT2D eigenvalue weighted by atomic mass is 19.3. The van der Waals surface area contributed by atoms with Crippen LogP contribution in [-0.2, 0) is 0 Å². The summed E-state index contributed by atoms with van der Waals surface area (Å²) in [5, 5.41) is 2.53. The van der Waals surface area contributed by atoms with Crippen LogP contribution >= 0.6 is 0 Å². The predicted octanol–water partition coefficient (Wildman–Crippen LogP) is 2.80. The number of benzene rings is 1. The summed E-state index contributed by atoms with van der Waals surface area (Å²) in [6.45, 7) is -1.39. The standard InChI is InChI=1S/C12H10F4N2O/c13-11(14)12(15,16)6-18-10(19)8-1-2-9-7(5-8)3-4-17-9/h1-5,11,17H,6H2,(H,18,19). The largest absolute Gasteiger partial charge is 0.361 e. The van der Waals surface area contributed by atoms with Crippen LogP contribution in [-0.4, -0.2) is 29.8 Å². The van der Waals surface area contributed by atoms with Crippen LogP contribution in [0.15, 0.2) is 30.5 Å². The van der Waals surface area contributed by atoms with Crippen LogP contribution in [0.5, 0.6) is 0 Å². The molecular weight excluding hydrogens is 264 g/mol. The highest BCUT2D eigenvalue weighted by Gasteiger charge is 2.40. The molecular formula is C12H10F4N2O. The molecule has 0 bridgehead atoms. The lowest BCUT2D eigenvalue weighted by molar-refractivity contribution is -0.123. The van der Waals surface area contributed by atoms with Crippen molar-refractivity contribution in [2.45, 2.75) is 12.3 Å². The van der Waals surface area contributed by atoms with Crippen molar-refractivity contribution in [3.8, 4) is 0 Å². The SMILES string of the molecule is O=C(NCC(F)(F)C(F)F)c1ccc2[nH]ccc2c1. The van der Waals surface area contributed by atoms with Gasteiger partial charge in [-0.3, -0.25) is 4.79 Å². The normalized spacial score (nSPS) is 12.1. The van der Waals surface area contributed by atoms with Crippen LogP contribution in [0.2, 0.25) is 0 Å². The molecule has 7 heteroatoms. The summed E-state index contributed by atoms with van der Waals surface area (Å²) in [7, 11) is 0. The van der Waals surface area contributed by atoms with Gasteiger partial charge in [0.1, 0.15) is 0 Å². The fraction of sp³-hybridized carbons (Fsp3) is 0.250. The van der Waals surface area contributed by atoms with Gasteiger partial charge in [-0.1, -0.05) is 0 Å². The van der Waals surface area contributed by atoms with Gasteiger partial charge in [-0.25, -0.2) is 8.78 Å². The Balaban J connectivity index is 2.07. The summed E-state index contributed by atoms with van der Waals surface area (Å²) in [6.07, 6.45) is -2.14. The van der Waals surface area contributed by atoms with Crippen molar-refractivity contribution < 1.29 is 22.4 Å². The van der Waals surface area contributed by atoms with Gasteiger partial charge in [0, 0.05) is 22.7 Å². The lowest BCUT2D eigenvalue weighted by Gasteiger charge is -2.15. The van der Waals surface area contributed by atoms with E-state index in [0.29, 0.717) is 0 Å². The number of aromatic amines is 1. The van der Waals surface area contributed by atoms with Crippen LogP contribution in [0.25, 0.3) is 10.9 Å². The van der Waals surface area contributed by atoms with Gasteiger partial charge in [-0.05, 0) is 24.3 Å². The van der Waals surface area contributed by atoms with E-state index in [1.165, 1.54) is 12.1 Å². The maximum absolute atomic E-state index is 12.7. The van der Waals surface area contributed by atoms with E-state index in [1.807, 2.05) is 0 Å². The Kier molecular flexibility index (Phi) is 3.46. The molecule has 2 aromatic rings. The number of nitrogens with one attached hydrogen (secondary N) is 2. The third-order valence-electron chi connectivity index (χ3n) is 2.62. The fourth-order valence-corrected chi connectivity index (χ4v) is 1.57. The molecule has 0 atom stereocenters. The summed E-state index contributed by atoms with van der Waals surface area (Å²) < 4.78 is 49.2. The van der Waals surface area contributed by atoms with Gasteiger partial charge in [0.2, 0.25) is 0 Å². The predicted molar refractivity (Wildman–Crippen MR) is 61.6 cm³/mol. The number of carbonyl (C=O) groups is 1. The molecule has 1 aromatic heterocycles. The van der Waals surface area contributed by atoms with Gasteiger partial charge in [0.15, 0.2) is 0 Å². The Morgan fingerprint density at radius 1 is 1.32 bits per heavy atom. The number of rotatable bonds is 4. The van der Waals surface area contributed by atoms with Gasteiger partial charge in [-0.15, -0.1) is 0 Å². The Morgan fingerprint density at radius 2 is 2.05 bits per heavy atom. The molecule has 0 aliphatic heterocycles. The highest BCUT2D eigenvalue weighted by Crippen LogP contribution is 2.21. The van der Waals surface area contributed by atoms with Gasteiger partial charge in [0.25, 0.3) is 5.91 Å². The Hall–Kier alpha value is -2.05. The fourth-order valence-electron chi connectivity index (χ4n) is 1.57. The number of aromatic nitrogens is 1. The first-order valence-corrected chi connectivity index (χ1v) is 5.41. The second kappa shape index (κ2) is 4.91. The monoisotopic (exact) mass is 274 g/mol. The zero-order valence-corrected chi connectivity index (χ0v) is 9.59. The quantitative estimate of drug-likeness (QED) is 0.827. The number of carbonyl (C=O) groups excluding carboxylic acids is 1. The van der Waals surface area contributed by atoms with Crippen LogP contribution < -0.4 is 5.32 Å². The third kappa shape index (κ3) is 2.86. The first kappa shape index (κ1) is 13.4. The van der Waals surface area contributed by atoms with Gasteiger partial charge < -0.3 is 10.3 Å². The van der Waals surface area contributed by atoms with Crippen molar-refractivity contribution in [1.82, 2.24) is 10.3 Å². The zero-order valence-electron chi connectivity index (χ0n) is 9.59. The molecule has 2 rings (SSSR count). The number of hydrogen-bond acceptors (Lipinski definition) is 1. The molecule has 1 aromatic carbocycles. The molecule has 0 saturated carbocycles. The number of alkyl halides is 4. The van der Waals surface area contributed by atoms with Crippen LogP contribution in [0.1, 0.15) is 10.4 Å². The summed E-state index contributed by atoms with van der Waals surface area (Å²) in [5.41, 5.74) is 0.923. The van der Waals surface area contributed by atoms with Crippen LogP contribution in [0.3, 0.4) is 0 Å². The van der Waals surface area contributed by atoms with Crippen molar-refractivity contribution in [1.29, 1.82) is 0 Å². The van der Waals surface area contributed by atoms with E-state index in [2.05, 4.69) is 4.98 Å². The summed E-state index contributed by atoms with van der Waals surface area (Å²) >= 11 is 0. The first-order valence-electron chi connectivity index (χ1n) is 5.41. The minimum absolute atomic E-state index is 0.136. The number of halogens is 4. The molecule has 0 aliphatic rings. The van der Waals surface area contributed by atoms with Crippen molar-refractivity contribution in [3.05, 3.63) is 36.0 Å². The smallest absolute Gasteiger partial charge is 0.324 e. The molecule has 19 heavy (non-hydrogen) atoms. The van der Waals surface area contributed by atoms with Crippen molar-refractivity contribution in [3.63, 3.8) is 0 Å². The minimum Gasteiger partial charge on any atom is -0.361 e. The second-order valence-electron chi connectivity index (χ2n) is 4.02. The zero-order chi connectivity index (χ0) is 14.0. The lowest BCUT2D eigenvalue weighted by atomic mass is 10.1. The molecule has 0 unspecified atom stereocenters. The third-order valence-corrected chi connectivity index (χ3v) is 2.62. The maximum Gasteiger partial charge on any atom is 0.324 e. The van der Waals surface area contributed by atoms with Crippen molar-refractivity contribution in [2.75, 3.05) is 6.54 Å². The molecule has 2 N–H and O–H groups in total. The molecule has 102 valence electrons. The van der Waals surface area contributed by atoms with E-state index < -0.39 is 24.8 Å². The molecule has 1 amide bonds. The number of H-pyrrole nitrogens is 1. The van der Waals surface area contributed by atoms with Crippen LogP contribution in [0, 0.1) is 0 Å². The molecule has 3 nitrogen and oxygen atoms in total. The average Bonchev–Trinajstić information content (AvgIpc) is 2.82. The van der Waals surface area contributed by atoms with Gasteiger partial charge in [-0.2, -0.15) is 8.78 Å². The lowest BCUT2D eigenvalue weighted by Crippen LogP contribution is -2.41. The first-order chi connectivity index (χ1) is 8.90. The number of fused-ring (bicyclic) bond motifs is 1. The summed E-state index contributed by atoms with van der Waals surface area (Å²) in [4.78, 5) is 14.5. The minimum atomic E-state index is -4.23. The van der Waals surface area contributed by atoms with E-state index in [9.17, 15) is 22.4 Å². The Morgan fingerprint density at radius 3 is 2.74 bits per heavy atom. The summed E-state index contributed by atoms with van der Waals surface area (Å²) in [5.74, 6) is -5.04. The van der Waals surface area contributed by atoms with Crippen molar-refractivity contribution >= 4 is 16.8 Å². The highest BCUT2D eigenvalue weighted by molar-refractivity contribution is 5.98. The number of amides is 1. The molecule has 0 aliphatic carbocycles. The molecule has 0 saturated heterocycles. The molecule has 0 radical (unpaired) electrons. The van der Waals surface area contributed by atoms with Crippen LogP contribution in [0.4, 0.5) is 17.6 Å². The molecule has 0 spiro atoms. The van der Waals surface area contributed by atoms with Crippen molar-refractivity contribution in [2.24, 2.45) is 0 Å². The average molecular weight is 274 g/mol. The van der Waals surface area contributed by atoms with E-state index >= 15 is 0 Å². The van der Waals surface area contributed by atoms with Gasteiger partial charge >= 0.3 is 12.3 Å². The Bertz CT molecular complexity index is 594. The second-order valence-corrected chi connectivity index (χ2v) is 4.02.